The Morgan fingerprint density at radius 2 is 2.29 bits per heavy atom. The Morgan fingerprint density at radius 3 is 2.94 bits per heavy atom. The average Bonchev–Trinajstić information content (AvgIpc) is 2.73. The summed E-state index contributed by atoms with van der Waals surface area (Å²) in [6.45, 7) is 1.87. The molecule has 0 fully saturated rings. The lowest BCUT2D eigenvalue weighted by atomic mass is 10.2. The van der Waals surface area contributed by atoms with E-state index in [1.165, 1.54) is 0 Å². The van der Waals surface area contributed by atoms with Crippen LogP contribution in [0, 0.1) is 6.92 Å². The highest BCUT2D eigenvalue weighted by Crippen LogP contribution is 2.27. The predicted octanol–water partition coefficient (Wildman–Crippen LogP) is 2.00. The third-order valence-electron chi connectivity index (χ3n) is 2.24. The van der Waals surface area contributed by atoms with Crippen molar-refractivity contribution in [3.05, 3.63) is 29.6 Å². The van der Waals surface area contributed by atoms with Crippen molar-refractivity contribution in [3.8, 4) is 5.75 Å². The first-order valence-corrected chi connectivity index (χ1v) is 6.12. The van der Waals surface area contributed by atoms with Crippen molar-refractivity contribution in [1.82, 2.24) is 15.2 Å². The highest BCUT2D eigenvalue weighted by molar-refractivity contribution is 7.98. The van der Waals surface area contributed by atoms with Gasteiger partial charge < -0.3 is 10.5 Å². The Labute approximate surface area is 104 Å². The van der Waals surface area contributed by atoms with E-state index in [1.54, 1.807) is 18.9 Å². The fourth-order valence-corrected chi connectivity index (χ4v) is 2.26. The van der Waals surface area contributed by atoms with Crippen LogP contribution in [0.3, 0.4) is 0 Å². The highest BCUT2D eigenvalue weighted by Gasteiger charge is 2.06. The lowest BCUT2D eigenvalue weighted by Gasteiger charge is -2.07. The van der Waals surface area contributed by atoms with Crippen molar-refractivity contribution in [2.75, 3.05) is 12.8 Å². The molecule has 0 aliphatic rings. The Balaban J connectivity index is 2.10. The normalized spacial score (nSPS) is 10.5. The second kappa shape index (κ2) is 5.09. The van der Waals surface area contributed by atoms with Gasteiger partial charge in [0.05, 0.1) is 7.11 Å². The molecule has 2 rings (SSSR count). The van der Waals surface area contributed by atoms with Gasteiger partial charge >= 0.3 is 0 Å². The first-order valence-electron chi connectivity index (χ1n) is 5.13. The Morgan fingerprint density at radius 1 is 1.47 bits per heavy atom. The summed E-state index contributed by atoms with van der Waals surface area (Å²) in [5, 5.41) is 7.60. The van der Waals surface area contributed by atoms with Crippen molar-refractivity contribution in [3.63, 3.8) is 0 Å². The standard InChI is InChI=1S/C11H14N4OS/c1-7-13-11(15-14-7)17-6-8-5-9(12)3-4-10(8)16-2/h3-5H,6,12H2,1-2H3,(H,13,14,15). The molecule has 0 saturated heterocycles. The molecule has 1 aromatic heterocycles. The number of H-pyrrole nitrogens is 1. The summed E-state index contributed by atoms with van der Waals surface area (Å²) in [5.74, 6) is 2.37. The molecule has 2 aromatic rings. The van der Waals surface area contributed by atoms with Gasteiger partial charge in [-0.25, -0.2) is 4.98 Å². The average molecular weight is 250 g/mol. The van der Waals surface area contributed by atoms with Gasteiger partial charge in [0.2, 0.25) is 5.16 Å². The molecule has 0 spiro atoms. The van der Waals surface area contributed by atoms with E-state index in [1.807, 2.05) is 25.1 Å². The van der Waals surface area contributed by atoms with Crippen molar-refractivity contribution in [1.29, 1.82) is 0 Å². The molecular weight excluding hydrogens is 236 g/mol. The number of nitrogen functional groups attached to an aromatic ring is 1. The Kier molecular flexibility index (Phi) is 3.53. The topological polar surface area (TPSA) is 76.8 Å². The van der Waals surface area contributed by atoms with E-state index < -0.39 is 0 Å². The van der Waals surface area contributed by atoms with E-state index in [9.17, 15) is 0 Å². The zero-order chi connectivity index (χ0) is 12.3. The minimum Gasteiger partial charge on any atom is -0.496 e. The molecule has 3 N–H and O–H groups in total. The number of hydrogen-bond acceptors (Lipinski definition) is 5. The number of thioether (sulfide) groups is 1. The van der Waals surface area contributed by atoms with Crippen LogP contribution in [0.1, 0.15) is 11.4 Å². The molecule has 0 aliphatic carbocycles. The number of methoxy groups -OCH3 is 1. The maximum absolute atomic E-state index is 5.75. The Hall–Kier alpha value is -1.69. The third-order valence-corrected chi connectivity index (χ3v) is 3.13. The maximum Gasteiger partial charge on any atom is 0.208 e. The minimum absolute atomic E-state index is 0.728. The second-order valence-corrected chi connectivity index (χ2v) is 4.51. The number of nitrogens with one attached hydrogen (secondary N) is 1. The number of rotatable bonds is 4. The van der Waals surface area contributed by atoms with Crippen molar-refractivity contribution >= 4 is 17.4 Å². The molecule has 17 heavy (non-hydrogen) atoms. The summed E-state index contributed by atoms with van der Waals surface area (Å²) in [4.78, 5) is 4.23. The summed E-state index contributed by atoms with van der Waals surface area (Å²) in [6, 6.07) is 5.60. The van der Waals surface area contributed by atoms with Crippen LogP contribution < -0.4 is 10.5 Å². The quantitative estimate of drug-likeness (QED) is 0.641. The molecule has 1 aromatic carbocycles. The first kappa shape index (κ1) is 11.8. The summed E-state index contributed by atoms with van der Waals surface area (Å²) in [5.41, 5.74) is 7.52. The van der Waals surface area contributed by atoms with E-state index >= 15 is 0 Å². The largest absolute Gasteiger partial charge is 0.496 e. The van der Waals surface area contributed by atoms with E-state index in [-0.39, 0.29) is 0 Å². The highest BCUT2D eigenvalue weighted by atomic mass is 32.2. The van der Waals surface area contributed by atoms with Crippen molar-refractivity contribution in [2.24, 2.45) is 0 Å². The van der Waals surface area contributed by atoms with E-state index in [0.29, 0.717) is 0 Å². The van der Waals surface area contributed by atoms with E-state index in [0.717, 1.165) is 33.7 Å². The van der Waals surface area contributed by atoms with Gasteiger partial charge in [-0.1, -0.05) is 11.8 Å². The molecule has 0 atom stereocenters. The molecule has 0 unspecified atom stereocenters. The second-order valence-electron chi connectivity index (χ2n) is 3.56. The van der Waals surface area contributed by atoms with Gasteiger partial charge in [0.1, 0.15) is 11.6 Å². The number of aromatic amines is 1. The molecule has 5 nitrogen and oxygen atoms in total. The number of aryl methyl sites for hydroxylation is 1. The van der Waals surface area contributed by atoms with Gasteiger partial charge in [-0.2, -0.15) is 0 Å². The molecule has 6 heteroatoms. The van der Waals surface area contributed by atoms with Gasteiger partial charge in [0.25, 0.3) is 0 Å². The van der Waals surface area contributed by atoms with Gasteiger partial charge in [-0.05, 0) is 25.1 Å². The van der Waals surface area contributed by atoms with Gasteiger partial charge in [0, 0.05) is 17.0 Å². The summed E-state index contributed by atoms with van der Waals surface area (Å²) >= 11 is 1.54. The number of aromatic nitrogens is 3. The SMILES string of the molecule is COc1ccc(N)cc1CSc1n[nH]c(C)n1. The number of ether oxygens (including phenoxy) is 1. The van der Waals surface area contributed by atoms with E-state index in [4.69, 9.17) is 10.5 Å². The van der Waals surface area contributed by atoms with E-state index in [2.05, 4.69) is 15.2 Å². The fourth-order valence-electron chi connectivity index (χ4n) is 1.44. The van der Waals surface area contributed by atoms with Crippen LogP contribution in [0.2, 0.25) is 0 Å². The van der Waals surface area contributed by atoms with Gasteiger partial charge in [-0.3, -0.25) is 5.10 Å². The van der Waals surface area contributed by atoms with Crippen LogP contribution in [0.4, 0.5) is 5.69 Å². The summed E-state index contributed by atoms with van der Waals surface area (Å²) in [7, 11) is 1.65. The summed E-state index contributed by atoms with van der Waals surface area (Å²) in [6.07, 6.45) is 0. The van der Waals surface area contributed by atoms with Crippen LogP contribution in [0.15, 0.2) is 23.4 Å². The first-order chi connectivity index (χ1) is 8.19. The summed E-state index contributed by atoms with van der Waals surface area (Å²) < 4.78 is 5.28. The Bertz CT molecular complexity index is 512. The molecule has 0 saturated carbocycles. The molecule has 1 heterocycles. The van der Waals surface area contributed by atoms with Crippen LogP contribution in [0.5, 0.6) is 5.75 Å². The van der Waals surface area contributed by atoms with Crippen LogP contribution in [0.25, 0.3) is 0 Å². The van der Waals surface area contributed by atoms with Gasteiger partial charge in [0.15, 0.2) is 0 Å². The molecular formula is C11H14N4OS. The number of benzene rings is 1. The molecule has 0 radical (unpaired) electrons. The number of anilines is 1. The maximum atomic E-state index is 5.75. The molecule has 0 aliphatic heterocycles. The van der Waals surface area contributed by atoms with Crippen LogP contribution >= 0.6 is 11.8 Å². The molecule has 0 bridgehead atoms. The smallest absolute Gasteiger partial charge is 0.208 e. The van der Waals surface area contributed by atoms with Crippen molar-refractivity contribution in [2.45, 2.75) is 17.8 Å². The monoisotopic (exact) mass is 250 g/mol. The zero-order valence-electron chi connectivity index (χ0n) is 9.73. The third kappa shape index (κ3) is 2.91. The van der Waals surface area contributed by atoms with Gasteiger partial charge in [-0.15, -0.1) is 5.10 Å². The lowest BCUT2D eigenvalue weighted by molar-refractivity contribution is 0.411. The molecule has 90 valence electrons. The van der Waals surface area contributed by atoms with Crippen LogP contribution in [-0.2, 0) is 5.75 Å². The fraction of sp³-hybridized carbons (Fsp3) is 0.273. The zero-order valence-corrected chi connectivity index (χ0v) is 10.5. The number of nitrogens with zero attached hydrogens (tertiary/aromatic N) is 2. The van der Waals surface area contributed by atoms with Crippen LogP contribution in [-0.4, -0.2) is 22.3 Å². The lowest BCUT2D eigenvalue weighted by Crippen LogP contribution is -1.93. The van der Waals surface area contributed by atoms with Crippen molar-refractivity contribution < 1.29 is 4.74 Å². The predicted molar refractivity (Wildman–Crippen MR) is 68.1 cm³/mol. The number of hydrogen-bond donors (Lipinski definition) is 2. The molecule has 0 amide bonds. The minimum atomic E-state index is 0.728. The number of nitrogens with two attached hydrogens (primary N) is 1.